The van der Waals surface area contributed by atoms with Crippen LogP contribution in [0.5, 0.6) is 0 Å². The molecule has 0 aliphatic rings. The van der Waals surface area contributed by atoms with Crippen LogP contribution in [0, 0.1) is 0 Å². The van der Waals surface area contributed by atoms with E-state index in [1.807, 2.05) is 0 Å². The number of nitrogens with zero attached hydrogens (tertiary/aromatic N) is 3. The molecule has 0 aliphatic heterocycles. The summed E-state index contributed by atoms with van der Waals surface area (Å²) >= 11 is 0. The third-order valence-corrected chi connectivity index (χ3v) is 5.69. The smallest absolute Gasteiger partial charge is 0.364 e. The number of azide groups is 1. The summed E-state index contributed by atoms with van der Waals surface area (Å²) in [7, 11) is -2.78. The van der Waals surface area contributed by atoms with E-state index in [0.717, 1.165) is 0 Å². The monoisotopic (exact) mass is 425 g/mol. The van der Waals surface area contributed by atoms with Crippen molar-refractivity contribution in [1.82, 2.24) is 0 Å². The molecule has 10 heteroatoms. The van der Waals surface area contributed by atoms with E-state index in [-0.39, 0.29) is 5.70 Å². The summed E-state index contributed by atoms with van der Waals surface area (Å²) in [5.41, 5.74) is 7.55. The molecule has 1 aromatic carbocycles. The third kappa shape index (κ3) is 8.01. The van der Waals surface area contributed by atoms with Crippen LogP contribution in [0.1, 0.15) is 58.5 Å². The highest BCUT2D eigenvalue weighted by molar-refractivity contribution is 7.54. The van der Waals surface area contributed by atoms with Crippen molar-refractivity contribution in [3.8, 4) is 0 Å². The first-order valence-electron chi connectivity index (χ1n) is 8.85. The van der Waals surface area contributed by atoms with Crippen LogP contribution >= 0.6 is 7.60 Å². The zero-order valence-corrected chi connectivity index (χ0v) is 18.6. The lowest BCUT2D eigenvalue weighted by molar-refractivity contribution is -0.136. The van der Waals surface area contributed by atoms with Crippen molar-refractivity contribution in [1.29, 1.82) is 0 Å². The highest BCUT2D eigenvalue weighted by Crippen LogP contribution is 2.63. The summed E-state index contributed by atoms with van der Waals surface area (Å²) in [5, 5.41) is 14.1. The molecule has 1 aromatic rings. The zero-order chi connectivity index (χ0) is 22.5. The minimum Gasteiger partial charge on any atom is -0.466 e. The fraction of sp³-hybridized carbons (Fsp3) is 0.526. The van der Waals surface area contributed by atoms with Crippen LogP contribution in [0.25, 0.3) is 16.5 Å². The molecule has 0 heterocycles. The fourth-order valence-electron chi connectivity index (χ4n) is 2.27. The summed E-state index contributed by atoms with van der Waals surface area (Å²) in [4.78, 5) is 14.2. The van der Waals surface area contributed by atoms with E-state index >= 15 is 0 Å². The van der Waals surface area contributed by atoms with E-state index in [9.17, 15) is 14.5 Å². The molecule has 9 nitrogen and oxygen atoms in total. The van der Waals surface area contributed by atoms with Crippen LogP contribution in [-0.2, 0) is 23.1 Å². The summed E-state index contributed by atoms with van der Waals surface area (Å²) in [5.74, 6) is -2.30. The van der Waals surface area contributed by atoms with Crippen molar-refractivity contribution in [2.24, 2.45) is 5.11 Å². The molecule has 1 N–H and O–H groups in total. The van der Waals surface area contributed by atoms with Gasteiger partial charge in [0.1, 0.15) is 5.70 Å². The van der Waals surface area contributed by atoms with Gasteiger partial charge in [-0.2, -0.15) is 0 Å². The average Bonchev–Trinajstić information content (AvgIpc) is 2.57. The van der Waals surface area contributed by atoms with Crippen LogP contribution in [0.4, 0.5) is 0 Å². The molecular formula is C19H28N3O6P. The molecule has 1 atom stereocenters. The Morgan fingerprint density at radius 2 is 1.62 bits per heavy atom. The number of hydrogen-bond acceptors (Lipinski definition) is 7. The number of esters is 1. The summed E-state index contributed by atoms with van der Waals surface area (Å²) in [6.45, 7) is 10.3. The SMILES string of the molecule is COC(=O)C(=Cc1ccc(C(O)P(=O)(OC(C)(C)C)OC(C)(C)C)cc1)N=[N+]=[N-]. The molecule has 0 fully saturated rings. The molecule has 0 saturated heterocycles. The van der Waals surface area contributed by atoms with Gasteiger partial charge in [-0.25, -0.2) is 4.79 Å². The first-order valence-corrected chi connectivity index (χ1v) is 10.5. The maximum Gasteiger partial charge on any atom is 0.364 e. The zero-order valence-electron chi connectivity index (χ0n) is 17.7. The predicted octanol–water partition coefficient (Wildman–Crippen LogP) is 5.33. The Morgan fingerprint density at radius 3 is 2.00 bits per heavy atom. The molecule has 1 unspecified atom stereocenters. The second kappa shape index (κ2) is 9.57. The number of carbonyl (C=O) groups excluding carboxylic acids is 1. The summed E-state index contributed by atoms with van der Waals surface area (Å²) in [6.07, 6.45) is 1.33. The van der Waals surface area contributed by atoms with Gasteiger partial charge in [0, 0.05) is 4.91 Å². The molecule has 0 aromatic heterocycles. The molecule has 0 radical (unpaired) electrons. The first kappa shape index (κ1) is 24.9. The third-order valence-electron chi connectivity index (χ3n) is 3.19. The van der Waals surface area contributed by atoms with Gasteiger partial charge in [-0.05, 0) is 64.3 Å². The number of hydrogen-bond donors (Lipinski definition) is 1. The number of aliphatic hydroxyl groups excluding tert-OH is 1. The van der Waals surface area contributed by atoms with E-state index < -0.39 is 30.6 Å². The number of rotatable bonds is 7. The second-order valence-corrected chi connectivity index (χ2v) is 10.1. The largest absolute Gasteiger partial charge is 0.466 e. The normalized spacial score (nSPS) is 14.1. The van der Waals surface area contributed by atoms with E-state index in [2.05, 4.69) is 14.8 Å². The van der Waals surface area contributed by atoms with Crippen LogP contribution in [0.3, 0.4) is 0 Å². The van der Waals surface area contributed by atoms with E-state index in [1.165, 1.54) is 25.3 Å². The van der Waals surface area contributed by atoms with Crippen LogP contribution in [-0.4, -0.2) is 29.4 Å². The lowest BCUT2D eigenvalue weighted by Gasteiger charge is -2.34. The molecule has 0 spiro atoms. The maximum atomic E-state index is 13.4. The minimum absolute atomic E-state index is 0.221. The van der Waals surface area contributed by atoms with Crippen molar-refractivity contribution in [2.75, 3.05) is 7.11 Å². The number of carbonyl (C=O) groups is 1. The Balaban J connectivity index is 3.26. The molecule has 0 bridgehead atoms. The van der Waals surface area contributed by atoms with Gasteiger partial charge in [0.2, 0.25) is 0 Å². The van der Waals surface area contributed by atoms with Crippen molar-refractivity contribution < 1.29 is 28.3 Å². The van der Waals surface area contributed by atoms with Gasteiger partial charge < -0.3 is 18.9 Å². The Hall–Kier alpha value is -2.15. The lowest BCUT2D eigenvalue weighted by atomic mass is 10.1. The van der Waals surface area contributed by atoms with Crippen molar-refractivity contribution >= 4 is 19.6 Å². The van der Waals surface area contributed by atoms with Gasteiger partial charge in [0.05, 0.1) is 18.3 Å². The van der Waals surface area contributed by atoms with Crippen molar-refractivity contribution in [3.05, 3.63) is 51.5 Å². The van der Waals surface area contributed by atoms with Crippen molar-refractivity contribution in [2.45, 2.75) is 58.6 Å². The Labute approximate surface area is 170 Å². The molecular weight excluding hydrogens is 397 g/mol. The predicted molar refractivity (Wildman–Crippen MR) is 110 cm³/mol. The molecule has 29 heavy (non-hydrogen) atoms. The highest BCUT2D eigenvalue weighted by atomic mass is 31.2. The van der Waals surface area contributed by atoms with Gasteiger partial charge in [0.25, 0.3) is 0 Å². The number of ether oxygens (including phenoxy) is 1. The minimum atomic E-state index is -3.95. The maximum absolute atomic E-state index is 13.4. The Kier molecular flexibility index (Phi) is 8.21. The Morgan fingerprint density at radius 1 is 1.14 bits per heavy atom. The summed E-state index contributed by atoms with van der Waals surface area (Å²) in [6, 6.07) is 6.16. The van der Waals surface area contributed by atoms with Gasteiger partial charge in [-0.3, -0.25) is 4.57 Å². The van der Waals surface area contributed by atoms with E-state index in [0.29, 0.717) is 11.1 Å². The number of methoxy groups -OCH3 is 1. The van der Waals surface area contributed by atoms with Crippen LogP contribution in [0.2, 0.25) is 0 Å². The number of benzene rings is 1. The highest BCUT2D eigenvalue weighted by Gasteiger charge is 2.42. The van der Waals surface area contributed by atoms with E-state index in [4.69, 9.17) is 14.6 Å². The molecule has 0 aliphatic carbocycles. The molecule has 0 amide bonds. The number of aliphatic hydroxyl groups is 1. The topological polar surface area (TPSA) is 131 Å². The summed E-state index contributed by atoms with van der Waals surface area (Å²) < 4.78 is 29.2. The first-order chi connectivity index (χ1) is 13.2. The second-order valence-electron chi connectivity index (χ2n) is 8.20. The van der Waals surface area contributed by atoms with Crippen LogP contribution in [0.15, 0.2) is 35.1 Å². The lowest BCUT2D eigenvalue weighted by Crippen LogP contribution is -2.26. The van der Waals surface area contributed by atoms with E-state index in [1.54, 1.807) is 53.7 Å². The van der Waals surface area contributed by atoms with Crippen molar-refractivity contribution in [3.63, 3.8) is 0 Å². The van der Waals surface area contributed by atoms with Gasteiger partial charge >= 0.3 is 13.6 Å². The molecule has 1 rings (SSSR count). The Bertz CT molecular complexity index is 826. The van der Waals surface area contributed by atoms with Crippen LogP contribution < -0.4 is 0 Å². The quantitative estimate of drug-likeness (QED) is 0.157. The fourth-order valence-corrected chi connectivity index (χ4v) is 4.57. The standard InChI is InChI=1S/C19H28N3O6P/c1-18(2,3)27-29(25,28-19(4,5)6)17(24)14-10-8-13(9-11-14)12-15(21-22-20)16(23)26-7/h8-12,17,24H,1-7H3. The van der Waals surface area contributed by atoms with Gasteiger partial charge in [-0.1, -0.05) is 29.4 Å². The van der Waals surface area contributed by atoms with Gasteiger partial charge in [-0.15, -0.1) is 0 Å². The average molecular weight is 425 g/mol. The molecule has 160 valence electrons. The van der Waals surface area contributed by atoms with Gasteiger partial charge in [0.15, 0.2) is 5.85 Å². The molecule has 0 saturated carbocycles.